The fourth-order valence-corrected chi connectivity index (χ4v) is 3.58. The fourth-order valence-electron chi connectivity index (χ4n) is 2.24. The van der Waals surface area contributed by atoms with Gasteiger partial charge in [0.2, 0.25) is 21.8 Å². The van der Waals surface area contributed by atoms with Gasteiger partial charge in [-0.25, -0.2) is 13.1 Å². The van der Waals surface area contributed by atoms with Gasteiger partial charge in [0.25, 0.3) is 0 Å². The lowest BCUT2D eigenvalue weighted by Gasteiger charge is -2.17. The summed E-state index contributed by atoms with van der Waals surface area (Å²) in [6.07, 6.45) is 1.67. The molecule has 8 nitrogen and oxygen atoms in total. The predicted octanol–water partition coefficient (Wildman–Crippen LogP) is 2.54. The Labute approximate surface area is 148 Å². The Hall–Kier alpha value is -2.66. The van der Waals surface area contributed by atoms with Gasteiger partial charge in [0.1, 0.15) is 4.90 Å². The number of aromatic nitrogens is 4. The summed E-state index contributed by atoms with van der Waals surface area (Å²) in [5, 5.41) is 11.1. The molecule has 2 heterocycles. The number of sulfonamides is 1. The number of halogens is 2. The first kappa shape index (κ1) is 18.1. The largest absolute Gasteiger partial charge is 0.419 e. The van der Waals surface area contributed by atoms with Crippen LogP contribution in [0.4, 0.5) is 8.78 Å². The van der Waals surface area contributed by atoms with Crippen LogP contribution in [0.1, 0.15) is 19.4 Å². The lowest BCUT2D eigenvalue weighted by atomic mass is 10.2. The molecule has 0 fully saturated rings. The number of alkyl halides is 2. The Balaban J connectivity index is 1.82. The van der Waals surface area contributed by atoms with Gasteiger partial charge in [-0.1, -0.05) is 25.1 Å². The molecule has 3 aromatic rings. The molecule has 0 aliphatic rings. The highest BCUT2D eigenvalue weighted by Gasteiger charge is 2.27. The van der Waals surface area contributed by atoms with Crippen molar-refractivity contribution in [1.82, 2.24) is 24.3 Å². The van der Waals surface area contributed by atoms with Crippen molar-refractivity contribution in [3.05, 3.63) is 48.6 Å². The fraction of sp³-hybridized carbons (Fsp3) is 0.267. The maximum atomic E-state index is 12.6. The van der Waals surface area contributed by atoms with E-state index in [4.69, 9.17) is 4.42 Å². The van der Waals surface area contributed by atoms with Crippen molar-refractivity contribution in [3.63, 3.8) is 0 Å². The van der Waals surface area contributed by atoms with E-state index in [0.717, 1.165) is 16.7 Å². The van der Waals surface area contributed by atoms with Crippen LogP contribution in [0.3, 0.4) is 0 Å². The highest BCUT2D eigenvalue weighted by atomic mass is 32.2. The highest BCUT2D eigenvalue weighted by molar-refractivity contribution is 7.89. The third-order valence-corrected chi connectivity index (χ3v) is 5.44. The van der Waals surface area contributed by atoms with Gasteiger partial charge in [-0.05, 0) is 12.1 Å². The Morgan fingerprint density at radius 2 is 1.96 bits per heavy atom. The van der Waals surface area contributed by atoms with Crippen LogP contribution in [0, 0.1) is 0 Å². The Bertz CT molecular complexity index is 972. The van der Waals surface area contributed by atoms with Crippen LogP contribution >= 0.6 is 0 Å². The number of hydrogen-bond donors (Lipinski definition) is 0. The molecule has 0 spiro atoms. The Morgan fingerprint density at radius 1 is 1.23 bits per heavy atom. The van der Waals surface area contributed by atoms with Crippen LogP contribution < -0.4 is 0 Å². The minimum Gasteiger partial charge on any atom is -0.419 e. The van der Waals surface area contributed by atoms with Gasteiger partial charge in [-0.15, -0.1) is 10.2 Å². The van der Waals surface area contributed by atoms with Crippen LogP contribution in [0.2, 0.25) is 0 Å². The van der Waals surface area contributed by atoms with Gasteiger partial charge in [-0.2, -0.15) is 18.2 Å². The molecule has 0 aliphatic carbocycles. The predicted molar refractivity (Wildman–Crippen MR) is 86.5 cm³/mol. The maximum Gasteiger partial charge on any atom is 0.333 e. The second-order valence-corrected chi connectivity index (χ2v) is 7.17. The van der Waals surface area contributed by atoms with Crippen molar-refractivity contribution >= 4 is 10.0 Å². The van der Waals surface area contributed by atoms with E-state index in [1.165, 1.54) is 0 Å². The van der Waals surface area contributed by atoms with Crippen molar-refractivity contribution < 1.29 is 21.6 Å². The summed E-state index contributed by atoms with van der Waals surface area (Å²) >= 11 is 0. The number of benzene rings is 1. The molecule has 0 radical (unpaired) electrons. The smallest absolute Gasteiger partial charge is 0.333 e. The summed E-state index contributed by atoms with van der Waals surface area (Å²) in [7, 11) is -4.03. The number of rotatable bonds is 7. The molecule has 0 saturated carbocycles. The molecule has 1 aromatic carbocycles. The molecule has 3 rings (SSSR count). The van der Waals surface area contributed by atoms with Crippen molar-refractivity contribution in [2.24, 2.45) is 0 Å². The van der Waals surface area contributed by atoms with E-state index in [0.29, 0.717) is 5.56 Å². The molecule has 0 N–H and O–H groups in total. The van der Waals surface area contributed by atoms with E-state index in [9.17, 15) is 17.2 Å². The normalized spacial score (nSPS) is 12.2. The van der Waals surface area contributed by atoms with E-state index in [1.54, 1.807) is 19.1 Å². The molecule has 0 unspecified atom stereocenters. The zero-order valence-electron chi connectivity index (χ0n) is 13.7. The maximum absolute atomic E-state index is 12.6. The third-order valence-electron chi connectivity index (χ3n) is 3.57. The SMILES string of the molecule is CCN(Cc1nnc(-c2ccccc2)o1)S(=O)(=O)c1cnn(C(F)F)c1. The van der Waals surface area contributed by atoms with Crippen LogP contribution in [-0.2, 0) is 16.6 Å². The average Bonchev–Trinajstić information content (AvgIpc) is 3.30. The first-order chi connectivity index (χ1) is 12.4. The summed E-state index contributed by atoms with van der Waals surface area (Å²) in [5.74, 6) is 0.357. The average molecular weight is 383 g/mol. The lowest BCUT2D eigenvalue weighted by molar-refractivity contribution is 0.0563. The molecule has 11 heteroatoms. The molecule has 0 bridgehead atoms. The monoisotopic (exact) mass is 383 g/mol. The van der Waals surface area contributed by atoms with E-state index in [-0.39, 0.29) is 34.4 Å². The first-order valence-corrected chi connectivity index (χ1v) is 9.06. The zero-order valence-corrected chi connectivity index (χ0v) is 14.5. The van der Waals surface area contributed by atoms with Gasteiger partial charge in [-0.3, -0.25) is 0 Å². The summed E-state index contributed by atoms with van der Waals surface area (Å²) in [4.78, 5) is -0.331. The molecule has 0 amide bonds. The molecular formula is C15H15F2N5O3S. The van der Waals surface area contributed by atoms with Gasteiger partial charge in [0.05, 0.1) is 18.9 Å². The van der Waals surface area contributed by atoms with Crippen molar-refractivity contribution in [2.75, 3.05) is 6.54 Å². The minimum absolute atomic E-state index is 0.0885. The zero-order chi connectivity index (χ0) is 18.7. The van der Waals surface area contributed by atoms with Gasteiger partial charge in [0.15, 0.2) is 0 Å². The number of nitrogens with zero attached hydrogens (tertiary/aromatic N) is 5. The lowest BCUT2D eigenvalue weighted by Crippen LogP contribution is -2.30. The molecular weight excluding hydrogens is 368 g/mol. The second-order valence-electron chi connectivity index (χ2n) is 5.23. The highest BCUT2D eigenvalue weighted by Crippen LogP contribution is 2.21. The van der Waals surface area contributed by atoms with Gasteiger partial charge >= 0.3 is 6.55 Å². The molecule has 0 saturated heterocycles. The number of hydrogen-bond acceptors (Lipinski definition) is 6. The van der Waals surface area contributed by atoms with E-state index >= 15 is 0 Å². The summed E-state index contributed by atoms with van der Waals surface area (Å²) in [6, 6.07) is 9.02. The van der Waals surface area contributed by atoms with Crippen molar-refractivity contribution in [1.29, 1.82) is 0 Å². The Morgan fingerprint density at radius 3 is 2.58 bits per heavy atom. The quantitative estimate of drug-likeness (QED) is 0.622. The molecule has 0 aliphatic heterocycles. The van der Waals surface area contributed by atoms with Crippen LogP contribution in [-0.4, -0.2) is 39.2 Å². The molecule has 26 heavy (non-hydrogen) atoms. The Kier molecular flexibility index (Phi) is 5.09. The van der Waals surface area contributed by atoms with Crippen LogP contribution in [0.15, 0.2) is 52.0 Å². The second kappa shape index (κ2) is 7.30. The summed E-state index contributed by atoms with van der Waals surface area (Å²) in [5.41, 5.74) is 0.704. The molecule has 138 valence electrons. The third kappa shape index (κ3) is 3.63. The van der Waals surface area contributed by atoms with Gasteiger partial charge < -0.3 is 4.42 Å². The summed E-state index contributed by atoms with van der Waals surface area (Å²) < 4.78 is 57.3. The van der Waals surface area contributed by atoms with Crippen LogP contribution in [0.25, 0.3) is 11.5 Å². The molecule has 0 atom stereocenters. The first-order valence-electron chi connectivity index (χ1n) is 7.62. The van der Waals surface area contributed by atoms with E-state index in [2.05, 4.69) is 15.3 Å². The van der Waals surface area contributed by atoms with Gasteiger partial charge in [0, 0.05) is 12.1 Å². The van der Waals surface area contributed by atoms with Crippen molar-refractivity contribution in [2.45, 2.75) is 24.9 Å². The molecule has 2 aromatic heterocycles. The standard InChI is InChI=1S/C15H15F2N5O3S/c1-2-21(26(23,24)12-8-18-22(9-12)15(16)17)10-13-19-20-14(25-13)11-6-4-3-5-7-11/h3-9,15H,2,10H2,1H3. The summed E-state index contributed by atoms with van der Waals surface area (Å²) in [6.45, 7) is -1.40. The van der Waals surface area contributed by atoms with Crippen molar-refractivity contribution in [3.8, 4) is 11.5 Å². The topological polar surface area (TPSA) is 94.1 Å². The minimum atomic E-state index is -4.03. The van der Waals surface area contributed by atoms with E-state index < -0.39 is 16.6 Å². The van der Waals surface area contributed by atoms with Crippen LogP contribution in [0.5, 0.6) is 0 Å². The van der Waals surface area contributed by atoms with E-state index in [1.807, 2.05) is 18.2 Å².